The van der Waals surface area contributed by atoms with E-state index in [1.165, 1.54) is 17.0 Å². The number of amides is 2. The minimum absolute atomic E-state index is 0.0511. The second kappa shape index (κ2) is 11.5. The van der Waals surface area contributed by atoms with Gasteiger partial charge >= 0.3 is 0 Å². The highest BCUT2D eigenvalue weighted by atomic mass is 35.5. The Morgan fingerprint density at radius 1 is 1.12 bits per heavy atom. The Hall–Kier alpha value is -2.65. The van der Waals surface area contributed by atoms with E-state index >= 15 is 0 Å². The molecule has 0 fully saturated rings. The lowest BCUT2D eigenvalue weighted by molar-refractivity contribution is -0.139. The van der Waals surface area contributed by atoms with E-state index in [4.69, 9.17) is 11.6 Å². The summed E-state index contributed by atoms with van der Waals surface area (Å²) >= 11 is 6.07. The normalized spacial score (nSPS) is 13.2. The highest BCUT2D eigenvalue weighted by Gasteiger charge is 2.30. The predicted octanol–water partition coefficient (Wildman–Crippen LogP) is 3.58. The molecule has 10 heteroatoms. The predicted molar refractivity (Wildman–Crippen MR) is 128 cm³/mol. The van der Waals surface area contributed by atoms with Gasteiger partial charge < -0.3 is 10.2 Å². The molecule has 2 unspecified atom stereocenters. The summed E-state index contributed by atoms with van der Waals surface area (Å²) in [7, 11) is -3.87. The number of carbonyl (C=O) groups excluding carboxylic acids is 2. The summed E-state index contributed by atoms with van der Waals surface area (Å²) in [5, 5.41) is 3.32. The first-order chi connectivity index (χ1) is 15.4. The lowest BCUT2D eigenvalue weighted by Crippen LogP contribution is -2.52. The number of anilines is 1. The first kappa shape index (κ1) is 26.6. The van der Waals surface area contributed by atoms with Crippen molar-refractivity contribution in [2.45, 2.75) is 45.8 Å². The molecule has 0 aliphatic rings. The third kappa shape index (κ3) is 7.71. The Bertz CT molecular complexity index is 1080. The molecular formula is C23H29ClFN3O4S. The minimum Gasteiger partial charge on any atom is -0.352 e. The molecule has 2 rings (SSSR count). The van der Waals surface area contributed by atoms with Crippen molar-refractivity contribution in [2.24, 2.45) is 0 Å². The van der Waals surface area contributed by atoms with Gasteiger partial charge in [-0.25, -0.2) is 12.8 Å². The van der Waals surface area contributed by atoms with Gasteiger partial charge in [-0.15, -0.1) is 0 Å². The van der Waals surface area contributed by atoms with Gasteiger partial charge in [-0.05, 0) is 62.2 Å². The monoisotopic (exact) mass is 497 g/mol. The molecule has 0 radical (unpaired) electrons. The highest BCUT2D eigenvalue weighted by Crippen LogP contribution is 2.20. The molecule has 2 aromatic rings. The zero-order valence-electron chi connectivity index (χ0n) is 19.1. The van der Waals surface area contributed by atoms with E-state index in [0.717, 1.165) is 22.7 Å². The lowest BCUT2D eigenvalue weighted by atomic mass is 10.1. The van der Waals surface area contributed by atoms with Crippen molar-refractivity contribution in [3.05, 3.63) is 64.9 Å². The quantitative estimate of drug-likeness (QED) is 0.543. The molecule has 33 heavy (non-hydrogen) atoms. The van der Waals surface area contributed by atoms with Gasteiger partial charge in [0.05, 0.1) is 11.9 Å². The van der Waals surface area contributed by atoms with E-state index in [0.29, 0.717) is 17.0 Å². The zero-order valence-corrected chi connectivity index (χ0v) is 20.7. The Balaban J connectivity index is 2.37. The molecule has 180 valence electrons. The van der Waals surface area contributed by atoms with Gasteiger partial charge in [0.25, 0.3) is 0 Å². The summed E-state index contributed by atoms with van der Waals surface area (Å²) in [5.41, 5.74) is 0.832. The van der Waals surface area contributed by atoms with Crippen molar-refractivity contribution < 1.29 is 22.4 Å². The summed E-state index contributed by atoms with van der Waals surface area (Å²) in [6.45, 7) is 4.87. The number of rotatable bonds is 10. The van der Waals surface area contributed by atoms with Crippen LogP contribution in [0.1, 0.15) is 32.8 Å². The van der Waals surface area contributed by atoms with Gasteiger partial charge in [0, 0.05) is 17.6 Å². The van der Waals surface area contributed by atoms with Crippen LogP contribution < -0.4 is 9.62 Å². The first-order valence-electron chi connectivity index (χ1n) is 10.5. The van der Waals surface area contributed by atoms with Crippen LogP contribution in [0.4, 0.5) is 10.1 Å². The van der Waals surface area contributed by atoms with Crippen molar-refractivity contribution >= 4 is 39.1 Å². The maximum absolute atomic E-state index is 13.4. The Morgan fingerprint density at radius 2 is 1.76 bits per heavy atom. The van der Waals surface area contributed by atoms with E-state index in [9.17, 15) is 22.4 Å². The third-order valence-electron chi connectivity index (χ3n) is 5.20. The zero-order chi connectivity index (χ0) is 24.8. The summed E-state index contributed by atoms with van der Waals surface area (Å²) in [6.07, 6.45) is 1.68. The molecule has 2 amide bonds. The van der Waals surface area contributed by atoms with Crippen molar-refractivity contribution in [2.75, 3.05) is 17.1 Å². The second-order valence-corrected chi connectivity index (χ2v) is 10.2. The number of carbonyl (C=O) groups is 2. The average Bonchev–Trinajstić information content (AvgIpc) is 2.75. The largest absolute Gasteiger partial charge is 0.352 e. The van der Waals surface area contributed by atoms with Gasteiger partial charge in [-0.2, -0.15) is 0 Å². The summed E-state index contributed by atoms with van der Waals surface area (Å²) in [6, 6.07) is 10.7. The van der Waals surface area contributed by atoms with E-state index in [1.807, 2.05) is 13.8 Å². The highest BCUT2D eigenvalue weighted by molar-refractivity contribution is 7.92. The standard InChI is InChI=1S/C23H29ClFN3O4S/c1-5-16(2)26-23(30)17(3)27(14-18-7-6-8-19(24)13-18)22(29)15-28(33(4,31)32)21-11-9-20(25)10-12-21/h6-13,16-17H,5,14-15H2,1-4H3,(H,26,30). The first-order valence-corrected chi connectivity index (χ1v) is 12.7. The molecule has 1 N–H and O–H groups in total. The van der Waals surface area contributed by atoms with Gasteiger partial charge in [0.2, 0.25) is 21.8 Å². The van der Waals surface area contributed by atoms with E-state index in [1.54, 1.807) is 31.2 Å². The average molecular weight is 498 g/mol. The van der Waals surface area contributed by atoms with Crippen molar-refractivity contribution in [3.63, 3.8) is 0 Å². The molecule has 2 aromatic carbocycles. The Kier molecular flexibility index (Phi) is 9.25. The molecule has 0 aromatic heterocycles. The molecule has 0 saturated carbocycles. The second-order valence-electron chi connectivity index (χ2n) is 7.89. The van der Waals surface area contributed by atoms with Crippen LogP contribution in [0.15, 0.2) is 48.5 Å². The molecule has 0 aliphatic heterocycles. The maximum atomic E-state index is 13.4. The fraction of sp³-hybridized carbons (Fsp3) is 0.391. The van der Waals surface area contributed by atoms with Crippen LogP contribution in [0, 0.1) is 5.82 Å². The van der Waals surface area contributed by atoms with Gasteiger partial charge in [-0.1, -0.05) is 30.7 Å². The van der Waals surface area contributed by atoms with Crippen LogP contribution in [0.2, 0.25) is 5.02 Å². The topological polar surface area (TPSA) is 86.8 Å². The minimum atomic E-state index is -3.87. The van der Waals surface area contributed by atoms with E-state index in [-0.39, 0.29) is 24.2 Å². The van der Waals surface area contributed by atoms with Gasteiger partial charge in [0.15, 0.2) is 0 Å². The molecule has 0 saturated heterocycles. The smallest absolute Gasteiger partial charge is 0.244 e. The van der Waals surface area contributed by atoms with Crippen LogP contribution in [0.5, 0.6) is 0 Å². The summed E-state index contributed by atoms with van der Waals surface area (Å²) in [5.74, 6) is -1.47. The van der Waals surface area contributed by atoms with Crippen LogP contribution >= 0.6 is 11.6 Å². The van der Waals surface area contributed by atoms with Crippen molar-refractivity contribution in [3.8, 4) is 0 Å². The molecule has 0 spiro atoms. The van der Waals surface area contributed by atoms with Crippen LogP contribution in [0.25, 0.3) is 0 Å². The van der Waals surface area contributed by atoms with Gasteiger partial charge in [-0.3, -0.25) is 13.9 Å². The number of nitrogens with one attached hydrogen (secondary N) is 1. The molecule has 7 nitrogen and oxygen atoms in total. The Labute approximate surface area is 199 Å². The molecule has 0 aliphatic carbocycles. The maximum Gasteiger partial charge on any atom is 0.244 e. The van der Waals surface area contributed by atoms with Gasteiger partial charge in [0.1, 0.15) is 18.4 Å². The summed E-state index contributed by atoms with van der Waals surface area (Å²) < 4.78 is 39.1. The van der Waals surface area contributed by atoms with E-state index in [2.05, 4.69) is 5.32 Å². The Morgan fingerprint density at radius 3 is 2.30 bits per heavy atom. The van der Waals surface area contributed by atoms with Crippen molar-refractivity contribution in [1.82, 2.24) is 10.2 Å². The SMILES string of the molecule is CCC(C)NC(=O)C(C)N(Cc1cccc(Cl)c1)C(=O)CN(c1ccc(F)cc1)S(C)(=O)=O. The third-order valence-corrected chi connectivity index (χ3v) is 6.58. The lowest BCUT2D eigenvalue weighted by Gasteiger charge is -2.32. The number of hydrogen-bond acceptors (Lipinski definition) is 4. The van der Waals surface area contributed by atoms with Crippen LogP contribution in [-0.4, -0.2) is 50.0 Å². The van der Waals surface area contributed by atoms with Crippen LogP contribution in [-0.2, 0) is 26.2 Å². The number of hydrogen-bond donors (Lipinski definition) is 1. The van der Waals surface area contributed by atoms with Crippen molar-refractivity contribution in [1.29, 1.82) is 0 Å². The molecule has 0 heterocycles. The number of nitrogens with zero attached hydrogens (tertiary/aromatic N) is 2. The molecular weight excluding hydrogens is 469 g/mol. The molecule has 2 atom stereocenters. The van der Waals surface area contributed by atoms with E-state index < -0.39 is 34.3 Å². The fourth-order valence-electron chi connectivity index (χ4n) is 3.10. The number of benzene rings is 2. The fourth-order valence-corrected chi connectivity index (χ4v) is 4.16. The molecule has 0 bridgehead atoms. The van der Waals surface area contributed by atoms with Crippen LogP contribution in [0.3, 0.4) is 0 Å². The number of sulfonamides is 1. The number of halogens is 2. The summed E-state index contributed by atoms with van der Waals surface area (Å²) in [4.78, 5) is 27.5.